The molecule has 1 saturated heterocycles. The van der Waals surface area contributed by atoms with Crippen molar-refractivity contribution in [2.24, 2.45) is 11.1 Å². The lowest BCUT2D eigenvalue weighted by Crippen LogP contribution is -2.54. The number of hydrogen-bond acceptors (Lipinski definition) is 3. The molecule has 24 heavy (non-hydrogen) atoms. The van der Waals surface area contributed by atoms with Crippen molar-refractivity contribution in [2.75, 3.05) is 19.6 Å². The van der Waals surface area contributed by atoms with E-state index in [1.807, 2.05) is 35.2 Å². The van der Waals surface area contributed by atoms with Crippen LogP contribution in [0.25, 0.3) is 0 Å². The zero-order valence-electron chi connectivity index (χ0n) is 15.0. The van der Waals surface area contributed by atoms with Crippen molar-refractivity contribution >= 4 is 11.8 Å². The Hall–Kier alpha value is -1.88. The third kappa shape index (κ3) is 4.81. The maximum atomic E-state index is 12.5. The predicted octanol–water partition coefficient (Wildman–Crippen LogP) is 2.01. The highest BCUT2D eigenvalue weighted by Gasteiger charge is 2.35. The molecule has 1 aromatic carbocycles. The van der Waals surface area contributed by atoms with Crippen molar-refractivity contribution in [1.82, 2.24) is 9.80 Å². The molecule has 132 valence electrons. The van der Waals surface area contributed by atoms with Crippen LogP contribution in [0.4, 0.5) is 0 Å². The highest BCUT2D eigenvalue weighted by atomic mass is 16.2. The van der Waals surface area contributed by atoms with Crippen LogP contribution in [0.2, 0.25) is 0 Å². The van der Waals surface area contributed by atoms with Crippen molar-refractivity contribution in [3.8, 4) is 0 Å². The Balaban J connectivity index is 1.90. The molecule has 0 aliphatic carbocycles. The number of carbonyl (C=O) groups is 2. The second-order valence-corrected chi connectivity index (χ2v) is 7.38. The van der Waals surface area contributed by atoms with E-state index < -0.39 is 0 Å². The van der Waals surface area contributed by atoms with Gasteiger partial charge in [0.05, 0.1) is 0 Å². The zero-order valence-corrected chi connectivity index (χ0v) is 15.0. The SMILES string of the molecule is CC(=O)N(CCC(=O)N1CCC(N)C(C)(C)C1)Cc1ccccc1. The second kappa shape index (κ2) is 7.79. The van der Waals surface area contributed by atoms with E-state index in [-0.39, 0.29) is 23.3 Å². The highest BCUT2D eigenvalue weighted by molar-refractivity contribution is 5.78. The van der Waals surface area contributed by atoms with Crippen LogP contribution in [0.5, 0.6) is 0 Å². The van der Waals surface area contributed by atoms with Crippen molar-refractivity contribution in [1.29, 1.82) is 0 Å². The fraction of sp³-hybridized carbons (Fsp3) is 0.579. The van der Waals surface area contributed by atoms with Gasteiger partial charge in [0.1, 0.15) is 0 Å². The average molecular weight is 331 g/mol. The third-order valence-corrected chi connectivity index (χ3v) is 4.92. The summed E-state index contributed by atoms with van der Waals surface area (Å²) < 4.78 is 0. The Morgan fingerprint density at radius 1 is 1.29 bits per heavy atom. The van der Waals surface area contributed by atoms with Gasteiger partial charge in [-0.3, -0.25) is 9.59 Å². The van der Waals surface area contributed by atoms with E-state index in [9.17, 15) is 9.59 Å². The van der Waals surface area contributed by atoms with Crippen LogP contribution >= 0.6 is 0 Å². The minimum atomic E-state index is -0.0573. The van der Waals surface area contributed by atoms with Crippen LogP contribution in [-0.4, -0.2) is 47.3 Å². The van der Waals surface area contributed by atoms with Crippen LogP contribution in [0.3, 0.4) is 0 Å². The number of piperidine rings is 1. The number of hydrogen-bond donors (Lipinski definition) is 1. The maximum Gasteiger partial charge on any atom is 0.224 e. The summed E-state index contributed by atoms with van der Waals surface area (Å²) in [5.74, 6) is 0.0990. The standard InChI is InChI=1S/C19H29N3O2/c1-15(23)21(13-16-7-5-4-6-8-16)12-10-18(24)22-11-9-17(20)19(2,3)14-22/h4-8,17H,9-14,20H2,1-3H3. The molecule has 1 unspecified atom stereocenters. The van der Waals surface area contributed by atoms with Gasteiger partial charge in [0, 0.05) is 45.6 Å². The number of nitrogens with two attached hydrogens (primary N) is 1. The molecule has 0 spiro atoms. The summed E-state index contributed by atoms with van der Waals surface area (Å²) in [7, 11) is 0. The van der Waals surface area contributed by atoms with E-state index in [4.69, 9.17) is 5.73 Å². The molecule has 2 rings (SSSR count). The number of amides is 2. The summed E-state index contributed by atoms with van der Waals surface area (Å²) in [6, 6.07) is 9.98. The van der Waals surface area contributed by atoms with E-state index in [1.54, 1.807) is 11.8 Å². The normalized spacial score (nSPS) is 19.8. The van der Waals surface area contributed by atoms with Gasteiger partial charge in [-0.15, -0.1) is 0 Å². The fourth-order valence-corrected chi connectivity index (χ4v) is 3.13. The van der Waals surface area contributed by atoms with Crippen LogP contribution in [0, 0.1) is 5.41 Å². The molecule has 2 amide bonds. The third-order valence-electron chi connectivity index (χ3n) is 4.92. The molecule has 1 aromatic rings. The average Bonchev–Trinajstić information content (AvgIpc) is 2.54. The van der Waals surface area contributed by atoms with Crippen LogP contribution in [0.1, 0.15) is 39.2 Å². The van der Waals surface area contributed by atoms with Gasteiger partial charge in [-0.05, 0) is 17.4 Å². The summed E-state index contributed by atoms with van der Waals surface area (Å²) in [4.78, 5) is 28.0. The molecule has 0 saturated carbocycles. The molecule has 0 radical (unpaired) electrons. The largest absolute Gasteiger partial charge is 0.342 e. The highest BCUT2D eigenvalue weighted by Crippen LogP contribution is 2.28. The van der Waals surface area contributed by atoms with E-state index in [1.165, 1.54) is 0 Å². The first-order valence-electron chi connectivity index (χ1n) is 8.62. The summed E-state index contributed by atoms with van der Waals surface area (Å²) in [6.07, 6.45) is 1.19. The number of nitrogens with zero attached hydrogens (tertiary/aromatic N) is 2. The molecule has 1 atom stereocenters. The molecule has 5 heteroatoms. The Kier molecular flexibility index (Phi) is 5.99. The lowest BCUT2D eigenvalue weighted by atomic mass is 9.79. The van der Waals surface area contributed by atoms with Crippen LogP contribution in [-0.2, 0) is 16.1 Å². The second-order valence-electron chi connectivity index (χ2n) is 7.38. The first-order chi connectivity index (χ1) is 11.3. The summed E-state index contributed by atoms with van der Waals surface area (Å²) in [5, 5.41) is 0. The Labute approximate surface area is 144 Å². The van der Waals surface area contributed by atoms with E-state index >= 15 is 0 Å². The van der Waals surface area contributed by atoms with E-state index in [2.05, 4.69) is 13.8 Å². The first-order valence-corrected chi connectivity index (χ1v) is 8.62. The summed E-state index contributed by atoms with van der Waals surface area (Å²) in [6.45, 7) is 8.15. The molecule has 1 aliphatic rings. The maximum absolute atomic E-state index is 12.5. The Morgan fingerprint density at radius 2 is 1.96 bits per heavy atom. The van der Waals surface area contributed by atoms with Crippen molar-refractivity contribution in [2.45, 2.75) is 46.2 Å². The molecule has 2 N–H and O–H groups in total. The van der Waals surface area contributed by atoms with Gasteiger partial charge in [0.2, 0.25) is 11.8 Å². The quantitative estimate of drug-likeness (QED) is 0.897. The molecule has 0 bridgehead atoms. The topological polar surface area (TPSA) is 66.6 Å². The van der Waals surface area contributed by atoms with Crippen LogP contribution in [0.15, 0.2) is 30.3 Å². The van der Waals surface area contributed by atoms with Crippen molar-refractivity contribution in [3.63, 3.8) is 0 Å². The van der Waals surface area contributed by atoms with Gasteiger partial charge in [-0.25, -0.2) is 0 Å². The number of carbonyl (C=O) groups excluding carboxylic acids is 2. The zero-order chi connectivity index (χ0) is 17.7. The van der Waals surface area contributed by atoms with Gasteiger partial charge in [0.25, 0.3) is 0 Å². The molecule has 0 aromatic heterocycles. The van der Waals surface area contributed by atoms with Gasteiger partial charge >= 0.3 is 0 Å². The van der Waals surface area contributed by atoms with E-state index in [0.717, 1.165) is 12.0 Å². The molecular formula is C19H29N3O2. The summed E-state index contributed by atoms with van der Waals surface area (Å²) >= 11 is 0. The number of benzene rings is 1. The number of rotatable bonds is 5. The summed E-state index contributed by atoms with van der Waals surface area (Å²) in [5.41, 5.74) is 7.15. The smallest absolute Gasteiger partial charge is 0.224 e. The van der Waals surface area contributed by atoms with E-state index in [0.29, 0.717) is 32.6 Å². The number of likely N-dealkylation sites (tertiary alicyclic amines) is 1. The molecular weight excluding hydrogens is 302 g/mol. The monoisotopic (exact) mass is 331 g/mol. The van der Waals surface area contributed by atoms with Crippen LogP contribution < -0.4 is 5.73 Å². The van der Waals surface area contributed by atoms with Gasteiger partial charge in [0.15, 0.2) is 0 Å². The fourth-order valence-electron chi connectivity index (χ4n) is 3.13. The Bertz CT molecular complexity index is 571. The van der Waals surface area contributed by atoms with Crippen molar-refractivity contribution < 1.29 is 9.59 Å². The lowest BCUT2D eigenvalue weighted by molar-refractivity contribution is -0.136. The Morgan fingerprint density at radius 3 is 2.54 bits per heavy atom. The van der Waals surface area contributed by atoms with Gasteiger partial charge in [-0.1, -0.05) is 44.2 Å². The molecule has 1 aliphatic heterocycles. The molecule has 1 heterocycles. The first kappa shape index (κ1) is 18.5. The molecule has 5 nitrogen and oxygen atoms in total. The van der Waals surface area contributed by atoms with Gasteiger partial charge < -0.3 is 15.5 Å². The minimum Gasteiger partial charge on any atom is -0.342 e. The lowest BCUT2D eigenvalue weighted by Gasteiger charge is -2.42. The van der Waals surface area contributed by atoms with Gasteiger partial charge in [-0.2, -0.15) is 0 Å². The minimum absolute atomic E-state index is 0.00681. The molecule has 1 fully saturated rings. The van der Waals surface area contributed by atoms with Crippen molar-refractivity contribution in [3.05, 3.63) is 35.9 Å². The predicted molar refractivity (Wildman–Crippen MR) is 95.1 cm³/mol.